The van der Waals surface area contributed by atoms with Gasteiger partial charge in [0.1, 0.15) is 11.5 Å². The number of rotatable bonds is 18. The molecule has 0 heterocycles. The average molecular weight is 855 g/mol. The van der Waals surface area contributed by atoms with Crippen LogP contribution in [0.3, 0.4) is 0 Å². The van der Waals surface area contributed by atoms with Gasteiger partial charge in [-0.1, -0.05) is 87.4 Å². The van der Waals surface area contributed by atoms with Crippen molar-refractivity contribution in [3.8, 4) is 11.5 Å². The van der Waals surface area contributed by atoms with Crippen molar-refractivity contribution in [3.05, 3.63) is 131 Å². The zero-order chi connectivity index (χ0) is 45.0. The predicted molar refractivity (Wildman–Crippen MR) is 247 cm³/mol. The van der Waals surface area contributed by atoms with Crippen LogP contribution in [0.4, 0.5) is 11.4 Å². The first-order valence-corrected chi connectivity index (χ1v) is 22.5. The summed E-state index contributed by atoms with van der Waals surface area (Å²) in [5.74, 6) is -3.09. The van der Waals surface area contributed by atoms with Gasteiger partial charge in [-0.25, -0.2) is 0 Å². The number of hydrogen-bond acceptors (Lipinski definition) is 10. The van der Waals surface area contributed by atoms with E-state index in [1.54, 1.807) is 103 Å². The van der Waals surface area contributed by atoms with Gasteiger partial charge in [0, 0.05) is 23.2 Å². The van der Waals surface area contributed by atoms with Crippen molar-refractivity contribution in [2.75, 3.05) is 11.5 Å². The SMILES string of the molecule is CCC1CCC(C(=O)Oc2ccc(/C=C/C(=O)CC(Cc3ccc(N)cc3)(Cc3ccc(N)cc3)C(O)(O)C(=O)/C=C/c3ccc(OC(=O)C4CCC(CC)CC4)cc3)cc2)CC1. The number of benzene rings is 4. The Morgan fingerprint density at radius 1 is 0.571 bits per heavy atom. The second-order valence-corrected chi connectivity index (χ2v) is 17.7. The number of hydrogen-bond donors (Lipinski definition) is 4. The average Bonchev–Trinajstić information content (AvgIpc) is 3.29. The summed E-state index contributed by atoms with van der Waals surface area (Å²) in [4.78, 5) is 53.9. The number of allylic oxidation sites excluding steroid dienone is 1. The molecule has 0 spiro atoms. The van der Waals surface area contributed by atoms with Crippen LogP contribution in [0.1, 0.15) is 107 Å². The van der Waals surface area contributed by atoms with E-state index < -0.39 is 29.2 Å². The molecule has 0 bridgehead atoms. The summed E-state index contributed by atoms with van der Waals surface area (Å²) >= 11 is 0. The minimum Gasteiger partial charge on any atom is -0.426 e. The minimum atomic E-state index is -3.05. The summed E-state index contributed by atoms with van der Waals surface area (Å²) in [6, 6.07) is 27.1. The summed E-state index contributed by atoms with van der Waals surface area (Å²) in [6.07, 6.45) is 14.6. The van der Waals surface area contributed by atoms with Crippen LogP contribution in [-0.2, 0) is 32.0 Å². The standard InChI is InChI=1S/C53H62N2O8/c1-3-36-5-19-42(20-6-36)50(58)62-47-28-14-38(15-29-47)13-27-46(56)35-52(33-40-9-23-44(54)24-10-40,34-41-11-25-45(55)26-12-41)53(60,61)49(57)32-18-39-16-30-48(31-17-39)63-51(59)43-21-7-37(4-2)8-22-43/h9-18,23-32,36-37,42-43,60-61H,3-8,19-22,33-35,54-55H2,1-2H3/b27-13+,32-18+. The molecular formula is C53H62N2O8. The van der Waals surface area contributed by atoms with Gasteiger partial charge >= 0.3 is 11.9 Å². The first-order chi connectivity index (χ1) is 30.2. The second-order valence-electron chi connectivity index (χ2n) is 17.7. The molecule has 0 unspecified atom stereocenters. The Morgan fingerprint density at radius 3 is 1.33 bits per heavy atom. The van der Waals surface area contributed by atoms with Gasteiger partial charge in [-0.2, -0.15) is 0 Å². The lowest BCUT2D eigenvalue weighted by Crippen LogP contribution is -2.57. The zero-order valence-electron chi connectivity index (χ0n) is 36.5. The summed E-state index contributed by atoms with van der Waals surface area (Å²) < 4.78 is 11.4. The number of aliphatic hydroxyl groups is 2. The van der Waals surface area contributed by atoms with Crippen molar-refractivity contribution >= 4 is 47.0 Å². The van der Waals surface area contributed by atoms with Gasteiger partial charge in [0.05, 0.1) is 11.8 Å². The molecule has 4 aromatic rings. The van der Waals surface area contributed by atoms with Crippen LogP contribution in [0.5, 0.6) is 11.5 Å². The summed E-state index contributed by atoms with van der Waals surface area (Å²) in [6.45, 7) is 4.36. The highest BCUT2D eigenvalue weighted by Crippen LogP contribution is 2.43. The Labute approximate surface area is 371 Å². The van der Waals surface area contributed by atoms with Gasteiger partial charge in [-0.05, 0) is 159 Å². The maximum Gasteiger partial charge on any atom is 0.314 e. The van der Waals surface area contributed by atoms with E-state index in [0.29, 0.717) is 57.0 Å². The van der Waals surface area contributed by atoms with E-state index in [1.807, 2.05) is 0 Å². The number of ether oxygens (including phenoxy) is 2. The Kier molecular flexibility index (Phi) is 15.9. The first kappa shape index (κ1) is 46.7. The summed E-state index contributed by atoms with van der Waals surface area (Å²) in [7, 11) is 0. The molecule has 0 saturated heterocycles. The largest absolute Gasteiger partial charge is 0.426 e. The monoisotopic (exact) mass is 854 g/mol. The molecule has 2 aliphatic rings. The molecule has 2 saturated carbocycles. The zero-order valence-corrected chi connectivity index (χ0v) is 36.5. The molecule has 0 radical (unpaired) electrons. The number of nitrogens with two attached hydrogens (primary N) is 2. The van der Waals surface area contributed by atoms with E-state index in [2.05, 4.69) is 13.8 Å². The fraction of sp³-hybridized carbons (Fsp3) is 0.396. The highest BCUT2D eigenvalue weighted by atomic mass is 16.5. The number of nitrogen functional groups attached to an aromatic ring is 2. The topological polar surface area (TPSA) is 179 Å². The van der Waals surface area contributed by atoms with Crippen molar-refractivity contribution in [1.82, 2.24) is 0 Å². The lowest BCUT2D eigenvalue weighted by atomic mass is 9.65. The van der Waals surface area contributed by atoms with Crippen molar-refractivity contribution in [2.45, 2.75) is 103 Å². The second kappa shape index (κ2) is 21.5. The fourth-order valence-corrected chi connectivity index (χ4v) is 9.05. The fourth-order valence-electron chi connectivity index (χ4n) is 9.05. The normalized spacial score (nSPS) is 19.5. The Morgan fingerprint density at radius 2 is 0.952 bits per heavy atom. The third kappa shape index (κ3) is 12.6. The molecular weight excluding hydrogens is 793 g/mol. The van der Waals surface area contributed by atoms with Gasteiger partial charge < -0.3 is 31.2 Å². The van der Waals surface area contributed by atoms with E-state index in [-0.39, 0.29) is 36.6 Å². The Bertz CT molecular complexity index is 2160. The highest BCUT2D eigenvalue weighted by molar-refractivity contribution is 6.01. The number of ketones is 2. The molecule has 0 amide bonds. The third-order valence-corrected chi connectivity index (χ3v) is 13.2. The van der Waals surface area contributed by atoms with Crippen LogP contribution in [-0.4, -0.2) is 39.5 Å². The van der Waals surface area contributed by atoms with Crippen molar-refractivity contribution in [3.63, 3.8) is 0 Å². The lowest BCUT2D eigenvalue weighted by molar-refractivity contribution is -0.230. The van der Waals surface area contributed by atoms with Gasteiger partial charge in [0.25, 0.3) is 0 Å². The molecule has 6 rings (SSSR count). The summed E-state index contributed by atoms with van der Waals surface area (Å²) in [5, 5.41) is 24.4. The molecule has 10 heteroatoms. The molecule has 2 aliphatic carbocycles. The maximum absolute atomic E-state index is 14.1. The molecule has 0 aromatic heterocycles. The predicted octanol–water partition coefficient (Wildman–Crippen LogP) is 9.50. The van der Waals surface area contributed by atoms with E-state index >= 15 is 0 Å². The first-order valence-electron chi connectivity index (χ1n) is 22.5. The third-order valence-electron chi connectivity index (χ3n) is 13.2. The number of carbonyl (C=O) groups excluding carboxylic acids is 4. The summed E-state index contributed by atoms with van der Waals surface area (Å²) in [5.41, 5.74) is 13.7. The van der Waals surface area contributed by atoms with Gasteiger partial charge in [0.15, 0.2) is 5.78 Å². The lowest BCUT2D eigenvalue weighted by Gasteiger charge is -2.42. The molecule has 63 heavy (non-hydrogen) atoms. The van der Waals surface area contributed by atoms with Crippen LogP contribution in [0.25, 0.3) is 12.2 Å². The quantitative estimate of drug-likeness (QED) is 0.0248. The van der Waals surface area contributed by atoms with Crippen LogP contribution in [0, 0.1) is 29.1 Å². The van der Waals surface area contributed by atoms with Crippen LogP contribution >= 0.6 is 0 Å². The van der Waals surface area contributed by atoms with Crippen LogP contribution in [0.15, 0.2) is 109 Å². The number of anilines is 2. The molecule has 6 N–H and O–H groups in total. The van der Waals surface area contributed by atoms with Gasteiger partial charge in [0.2, 0.25) is 11.6 Å². The van der Waals surface area contributed by atoms with E-state index in [9.17, 15) is 29.4 Å². The van der Waals surface area contributed by atoms with Crippen LogP contribution < -0.4 is 20.9 Å². The number of esters is 2. The van der Waals surface area contributed by atoms with Gasteiger partial charge in [-0.15, -0.1) is 0 Å². The van der Waals surface area contributed by atoms with E-state index in [0.717, 1.165) is 70.3 Å². The van der Waals surface area contributed by atoms with E-state index in [4.69, 9.17) is 20.9 Å². The number of carbonyl (C=O) groups is 4. The maximum atomic E-state index is 14.1. The molecule has 332 valence electrons. The van der Waals surface area contributed by atoms with Crippen molar-refractivity contribution < 1.29 is 38.9 Å². The molecule has 4 aromatic carbocycles. The minimum absolute atomic E-state index is 0.0792. The molecule has 10 nitrogen and oxygen atoms in total. The van der Waals surface area contributed by atoms with Crippen LogP contribution in [0.2, 0.25) is 0 Å². The Hall–Kier alpha value is -5.84. The Balaban J connectivity index is 1.21. The van der Waals surface area contributed by atoms with Crippen molar-refractivity contribution in [2.24, 2.45) is 29.1 Å². The molecule has 0 atom stereocenters. The van der Waals surface area contributed by atoms with Gasteiger partial charge in [-0.3, -0.25) is 19.2 Å². The molecule has 0 aliphatic heterocycles. The molecule has 2 fully saturated rings. The van der Waals surface area contributed by atoms with Crippen molar-refractivity contribution in [1.29, 1.82) is 0 Å². The smallest absolute Gasteiger partial charge is 0.314 e. The highest BCUT2D eigenvalue weighted by Gasteiger charge is 2.54. The van der Waals surface area contributed by atoms with E-state index in [1.165, 1.54) is 12.2 Å².